The van der Waals surface area contributed by atoms with Gasteiger partial charge >= 0.3 is 5.97 Å². The number of benzene rings is 2. The van der Waals surface area contributed by atoms with Crippen LogP contribution in [0.25, 0.3) is 11.1 Å². The van der Waals surface area contributed by atoms with Crippen molar-refractivity contribution in [1.29, 1.82) is 0 Å². The Hall–Kier alpha value is -2.29. The average Bonchev–Trinajstić information content (AvgIpc) is 2.52. The van der Waals surface area contributed by atoms with E-state index in [1.54, 1.807) is 24.3 Å². The summed E-state index contributed by atoms with van der Waals surface area (Å²) in [6, 6.07) is 14.3. The molecule has 2 rings (SSSR count). The second-order valence-electron chi connectivity index (χ2n) is 4.97. The van der Waals surface area contributed by atoms with Gasteiger partial charge in [-0.1, -0.05) is 44.0 Å². The number of phenolic OH excluding ortho intramolecular Hbond substituents is 1. The summed E-state index contributed by atoms with van der Waals surface area (Å²) in [4.78, 5) is 11.8. The Labute approximate surface area is 125 Å². The predicted octanol–water partition coefficient (Wildman–Crippen LogP) is 4.41. The highest BCUT2D eigenvalue weighted by Gasteiger charge is 2.07. The number of carbonyl (C=O) groups excluding carboxylic acids is 1. The summed E-state index contributed by atoms with van der Waals surface area (Å²) in [6.07, 6.45) is 3.10. The van der Waals surface area contributed by atoms with E-state index in [0.717, 1.165) is 30.4 Å². The predicted molar refractivity (Wildman–Crippen MR) is 83.4 cm³/mol. The Morgan fingerprint density at radius 2 is 1.52 bits per heavy atom. The molecule has 3 nitrogen and oxygen atoms in total. The lowest BCUT2D eigenvalue weighted by Gasteiger charge is -2.06. The van der Waals surface area contributed by atoms with Gasteiger partial charge in [0.2, 0.25) is 0 Å². The van der Waals surface area contributed by atoms with Crippen molar-refractivity contribution in [3.05, 3.63) is 54.1 Å². The highest BCUT2D eigenvalue weighted by atomic mass is 16.5. The molecule has 3 heteroatoms. The van der Waals surface area contributed by atoms with Crippen LogP contribution < -0.4 is 0 Å². The smallest absolute Gasteiger partial charge is 0.338 e. The first-order chi connectivity index (χ1) is 10.2. The molecule has 0 aliphatic carbocycles. The largest absolute Gasteiger partial charge is 0.508 e. The molecule has 0 aliphatic rings. The van der Waals surface area contributed by atoms with Gasteiger partial charge in [-0.2, -0.15) is 0 Å². The summed E-state index contributed by atoms with van der Waals surface area (Å²) in [7, 11) is 0. The quantitative estimate of drug-likeness (QED) is 0.631. The van der Waals surface area contributed by atoms with Gasteiger partial charge in [0, 0.05) is 0 Å². The summed E-state index contributed by atoms with van der Waals surface area (Å²) < 4.78 is 5.22. The number of aromatic hydroxyl groups is 1. The van der Waals surface area contributed by atoms with Crippen molar-refractivity contribution in [3.8, 4) is 16.9 Å². The van der Waals surface area contributed by atoms with Crippen molar-refractivity contribution in [2.24, 2.45) is 0 Å². The summed E-state index contributed by atoms with van der Waals surface area (Å²) in [5.41, 5.74) is 2.56. The Morgan fingerprint density at radius 1 is 0.952 bits per heavy atom. The molecule has 0 aliphatic heterocycles. The molecule has 0 bridgehead atoms. The molecular formula is C18H20O3. The monoisotopic (exact) mass is 284 g/mol. The van der Waals surface area contributed by atoms with Crippen molar-refractivity contribution >= 4 is 5.97 Å². The number of ether oxygens (including phenoxy) is 1. The molecule has 21 heavy (non-hydrogen) atoms. The summed E-state index contributed by atoms with van der Waals surface area (Å²) in [5, 5.41) is 9.28. The molecule has 0 heterocycles. The van der Waals surface area contributed by atoms with Crippen molar-refractivity contribution in [2.75, 3.05) is 6.61 Å². The maximum atomic E-state index is 11.8. The van der Waals surface area contributed by atoms with Crippen LogP contribution in [0.1, 0.15) is 36.5 Å². The number of hydrogen-bond donors (Lipinski definition) is 1. The molecule has 0 saturated heterocycles. The molecule has 110 valence electrons. The third kappa shape index (κ3) is 4.35. The van der Waals surface area contributed by atoms with Crippen molar-refractivity contribution in [1.82, 2.24) is 0 Å². The summed E-state index contributed by atoms with van der Waals surface area (Å²) >= 11 is 0. The van der Waals surface area contributed by atoms with Crippen molar-refractivity contribution in [2.45, 2.75) is 26.2 Å². The molecule has 2 aromatic rings. The minimum Gasteiger partial charge on any atom is -0.508 e. The Bertz CT molecular complexity index is 570. The minimum atomic E-state index is -0.275. The van der Waals surface area contributed by atoms with E-state index in [1.165, 1.54) is 0 Å². The lowest BCUT2D eigenvalue weighted by molar-refractivity contribution is 0.0498. The maximum absolute atomic E-state index is 11.8. The van der Waals surface area contributed by atoms with Crippen molar-refractivity contribution in [3.63, 3.8) is 0 Å². The zero-order valence-corrected chi connectivity index (χ0v) is 12.2. The lowest BCUT2D eigenvalue weighted by Crippen LogP contribution is -2.06. The van der Waals surface area contributed by atoms with Gasteiger partial charge in [0.05, 0.1) is 12.2 Å². The molecule has 0 radical (unpaired) electrons. The van der Waals surface area contributed by atoms with Crippen LogP contribution in [0.2, 0.25) is 0 Å². The van der Waals surface area contributed by atoms with Crippen LogP contribution in [0.4, 0.5) is 0 Å². The van der Waals surface area contributed by atoms with Gasteiger partial charge in [0.1, 0.15) is 5.75 Å². The van der Waals surface area contributed by atoms with E-state index in [2.05, 4.69) is 6.92 Å². The van der Waals surface area contributed by atoms with E-state index in [9.17, 15) is 9.90 Å². The first-order valence-electron chi connectivity index (χ1n) is 7.27. The van der Waals surface area contributed by atoms with Crippen LogP contribution >= 0.6 is 0 Å². The normalized spacial score (nSPS) is 10.3. The third-order valence-electron chi connectivity index (χ3n) is 3.30. The molecule has 0 spiro atoms. The second kappa shape index (κ2) is 7.48. The Kier molecular flexibility index (Phi) is 5.38. The minimum absolute atomic E-state index is 0.242. The molecule has 2 aromatic carbocycles. The summed E-state index contributed by atoms with van der Waals surface area (Å²) in [5.74, 6) is -0.0330. The number of esters is 1. The van der Waals surface area contributed by atoms with Gasteiger partial charge in [-0.3, -0.25) is 0 Å². The molecule has 0 aromatic heterocycles. The van der Waals surface area contributed by atoms with Crippen LogP contribution in [0, 0.1) is 0 Å². The highest BCUT2D eigenvalue weighted by Crippen LogP contribution is 2.22. The molecule has 0 amide bonds. The zero-order chi connectivity index (χ0) is 15.1. The van der Waals surface area contributed by atoms with Crippen LogP contribution in [-0.4, -0.2) is 17.7 Å². The molecule has 0 fully saturated rings. The topological polar surface area (TPSA) is 46.5 Å². The Balaban J connectivity index is 1.98. The first kappa shape index (κ1) is 15.1. The van der Waals surface area contributed by atoms with Gasteiger partial charge in [-0.15, -0.1) is 0 Å². The van der Waals surface area contributed by atoms with Gasteiger partial charge in [-0.05, 0) is 41.8 Å². The van der Waals surface area contributed by atoms with E-state index in [4.69, 9.17) is 4.74 Å². The van der Waals surface area contributed by atoms with Crippen LogP contribution in [0.5, 0.6) is 5.75 Å². The van der Waals surface area contributed by atoms with E-state index in [-0.39, 0.29) is 11.7 Å². The van der Waals surface area contributed by atoms with E-state index in [1.807, 2.05) is 24.3 Å². The molecule has 0 saturated carbocycles. The molecule has 1 N–H and O–H groups in total. The van der Waals surface area contributed by atoms with Crippen LogP contribution in [0.3, 0.4) is 0 Å². The van der Waals surface area contributed by atoms with Crippen LogP contribution in [-0.2, 0) is 4.74 Å². The average molecular weight is 284 g/mol. The number of unbranched alkanes of at least 4 members (excludes halogenated alkanes) is 2. The van der Waals surface area contributed by atoms with Gasteiger partial charge in [0.25, 0.3) is 0 Å². The highest BCUT2D eigenvalue weighted by molar-refractivity contribution is 5.90. The zero-order valence-electron chi connectivity index (χ0n) is 12.2. The Morgan fingerprint density at radius 3 is 2.10 bits per heavy atom. The summed E-state index contributed by atoms with van der Waals surface area (Å²) in [6.45, 7) is 2.59. The standard InChI is InChI=1S/C18H20O3/c1-2-3-4-13-21-18(20)16-7-5-14(6-8-16)15-9-11-17(19)12-10-15/h5-12,19H,2-4,13H2,1H3. The third-order valence-corrected chi connectivity index (χ3v) is 3.30. The van der Waals surface area contributed by atoms with Crippen molar-refractivity contribution < 1.29 is 14.6 Å². The number of carbonyl (C=O) groups is 1. The molecular weight excluding hydrogens is 264 g/mol. The fourth-order valence-corrected chi connectivity index (χ4v) is 2.05. The second-order valence-corrected chi connectivity index (χ2v) is 4.97. The van der Waals surface area contributed by atoms with E-state index < -0.39 is 0 Å². The number of hydrogen-bond acceptors (Lipinski definition) is 3. The van der Waals surface area contributed by atoms with Gasteiger partial charge in [0.15, 0.2) is 0 Å². The number of phenols is 1. The van der Waals surface area contributed by atoms with Gasteiger partial charge < -0.3 is 9.84 Å². The SMILES string of the molecule is CCCCCOC(=O)c1ccc(-c2ccc(O)cc2)cc1. The fraction of sp³-hybridized carbons (Fsp3) is 0.278. The lowest BCUT2D eigenvalue weighted by atomic mass is 10.0. The molecule has 0 atom stereocenters. The molecule has 0 unspecified atom stereocenters. The van der Waals surface area contributed by atoms with E-state index in [0.29, 0.717) is 12.2 Å². The van der Waals surface area contributed by atoms with Crippen LogP contribution in [0.15, 0.2) is 48.5 Å². The first-order valence-corrected chi connectivity index (χ1v) is 7.27. The van der Waals surface area contributed by atoms with E-state index >= 15 is 0 Å². The fourth-order valence-electron chi connectivity index (χ4n) is 2.05. The number of rotatable bonds is 6. The maximum Gasteiger partial charge on any atom is 0.338 e. The van der Waals surface area contributed by atoms with Gasteiger partial charge in [-0.25, -0.2) is 4.79 Å².